The summed E-state index contributed by atoms with van der Waals surface area (Å²) in [5, 5.41) is 0. The smallest absolute Gasteiger partial charge is 0.248 e. The van der Waals surface area contributed by atoms with Crippen molar-refractivity contribution in [1.29, 1.82) is 0 Å². The number of carbonyl (C=O) groups excluding carboxylic acids is 1. The van der Waals surface area contributed by atoms with Crippen LogP contribution in [0.5, 0.6) is 0 Å². The van der Waals surface area contributed by atoms with Crippen molar-refractivity contribution in [2.45, 2.75) is 6.42 Å². The normalized spacial score (nSPS) is 11.0. The molecule has 0 aliphatic carbocycles. The average molecular weight is 422 g/mol. The average Bonchev–Trinajstić information content (AvgIpc) is 3.23. The molecule has 0 saturated carbocycles. The van der Waals surface area contributed by atoms with Crippen LogP contribution >= 0.6 is 0 Å². The first kappa shape index (κ1) is 19.6. The Hall–Kier alpha value is -4.32. The molecule has 0 radical (unpaired) electrons. The van der Waals surface area contributed by atoms with Crippen molar-refractivity contribution in [3.8, 4) is 22.5 Å². The molecule has 3 aromatic heterocycles. The Morgan fingerprint density at radius 3 is 2.53 bits per heavy atom. The number of primary amides is 1. The van der Waals surface area contributed by atoms with Gasteiger partial charge in [0.2, 0.25) is 5.91 Å². The fraction of sp³-hybridized carbons (Fsp3) is 0.0385. The van der Waals surface area contributed by atoms with E-state index in [9.17, 15) is 9.18 Å². The molecule has 0 aliphatic rings. The molecule has 0 fully saturated rings. The predicted molar refractivity (Wildman–Crippen MR) is 122 cm³/mol. The number of nitrogens with two attached hydrogens (primary N) is 1. The van der Waals surface area contributed by atoms with Gasteiger partial charge in [-0.05, 0) is 78.2 Å². The monoisotopic (exact) mass is 422 g/mol. The van der Waals surface area contributed by atoms with E-state index in [0.29, 0.717) is 12.0 Å². The van der Waals surface area contributed by atoms with E-state index in [1.165, 1.54) is 12.1 Å². The summed E-state index contributed by atoms with van der Waals surface area (Å²) in [6.45, 7) is 0. The van der Waals surface area contributed by atoms with Crippen molar-refractivity contribution in [1.82, 2.24) is 14.4 Å². The molecular formula is C26H19FN4O. The van der Waals surface area contributed by atoms with E-state index >= 15 is 0 Å². The third-order valence-electron chi connectivity index (χ3n) is 5.39. The maximum absolute atomic E-state index is 13.3. The number of benzene rings is 2. The van der Waals surface area contributed by atoms with Crippen molar-refractivity contribution in [3.63, 3.8) is 0 Å². The van der Waals surface area contributed by atoms with Gasteiger partial charge < -0.3 is 5.73 Å². The molecule has 5 nitrogen and oxygen atoms in total. The van der Waals surface area contributed by atoms with Crippen molar-refractivity contribution in [2.24, 2.45) is 5.73 Å². The number of carbonyl (C=O) groups is 1. The second kappa shape index (κ2) is 8.07. The SMILES string of the molecule is NC(=O)c1cccc(Cc2ccn3c(-c4ccnc(-c5ccc(F)cc5)c4)cnc3c2)c1. The Balaban J connectivity index is 1.46. The summed E-state index contributed by atoms with van der Waals surface area (Å²) in [4.78, 5) is 20.4. The van der Waals surface area contributed by atoms with E-state index in [4.69, 9.17) is 5.73 Å². The molecule has 5 aromatic rings. The maximum atomic E-state index is 13.3. The van der Waals surface area contributed by atoms with Gasteiger partial charge in [-0.3, -0.25) is 14.2 Å². The summed E-state index contributed by atoms with van der Waals surface area (Å²) < 4.78 is 15.3. The summed E-state index contributed by atoms with van der Waals surface area (Å²) in [6.07, 6.45) is 6.23. The lowest BCUT2D eigenvalue weighted by Gasteiger charge is -2.07. The fourth-order valence-electron chi connectivity index (χ4n) is 3.78. The van der Waals surface area contributed by atoms with Crippen LogP contribution in [0.4, 0.5) is 4.39 Å². The number of imidazole rings is 1. The Kier molecular flexibility index (Phi) is 4.95. The van der Waals surface area contributed by atoms with Crippen molar-refractivity contribution >= 4 is 11.6 Å². The van der Waals surface area contributed by atoms with Gasteiger partial charge in [-0.25, -0.2) is 9.37 Å². The van der Waals surface area contributed by atoms with Crippen LogP contribution in [0.3, 0.4) is 0 Å². The third-order valence-corrected chi connectivity index (χ3v) is 5.39. The van der Waals surface area contributed by atoms with Crippen LogP contribution in [0.15, 0.2) is 91.4 Å². The lowest BCUT2D eigenvalue weighted by atomic mass is 10.0. The fourth-order valence-corrected chi connectivity index (χ4v) is 3.78. The third kappa shape index (κ3) is 3.86. The highest BCUT2D eigenvalue weighted by Crippen LogP contribution is 2.26. The van der Waals surface area contributed by atoms with E-state index in [0.717, 1.165) is 39.3 Å². The van der Waals surface area contributed by atoms with Crippen LogP contribution in [0, 0.1) is 5.82 Å². The van der Waals surface area contributed by atoms with E-state index in [2.05, 4.69) is 9.97 Å². The number of nitrogens with zero attached hydrogens (tertiary/aromatic N) is 3. The lowest BCUT2D eigenvalue weighted by molar-refractivity contribution is 0.1000. The number of halogens is 1. The number of rotatable bonds is 5. The minimum absolute atomic E-state index is 0.274. The number of hydrogen-bond acceptors (Lipinski definition) is 3. The molecule has 5 rings (SSSR count). The zero-order valence-electron chi connectivity index (χ0n) is 17.1. The Labute approximate surface area is 184 Å². The van der Waals surface area contributed by atoms with Crippen LogP contribution < -0.4 is 5.73 Å². The van der Waals surface area contributed by atoms with E-state index in [1.54, 1.807) is 24.4 Å². The summed E-state index contributed by atoms with van der Waals surface area (Å²) in [5.41, 5.74) is 12.3. The molecular weight excluding hydrogens is 403 g/mol. The molecule has 1 amide bonds. The lowest BCUT2D eigenvalue weighted by Crippen LogP contribution is -2.11. The number of pyridine rings is 2. The van der Waals surface area contributed by atoms with E-state index in [1.807, 2.05) is 59.3 Å². The quantitative estimate of drug-likeness (QED) is 0.438. The summed E-state index contributed by atoms with van der Waals surface area (Å²) in [6, 6.07) is 21.6. The molecule has 2 N–H and O–H groups in total. The highest BCUT2D eigenvalue weighted by atomic mass is 19.1. The number of aromatic nitrogens is 3. The first-order valence-electron chi connectivity index (χ1n) is 10.1. The zero-order valence-corrected chi connectivity index (χ0v) is 17.1. The minimum atomic E-state index is -0.433. The van der Waals surface area contributed by atoms with Gasteiger partial charge in [0.25, 0.3) is 0 Å². The molecule has 0 atom stereocenters. The van der Waals surface area contributed by atoms with E-state index in [-0.39, 0.29) is 5.82 Å². The van der Waals surface area contributed by atoms with Gasteiger partial charge in [-0.15, -0.1) is 0 Å². The van der Waals surface area contributed by atoms with Crippen molar-refractivity contribution in [2.75, 3.05) is 0 Å². The minimum Gasteiger partial charge on any atom is -0.366 e. The highest BCUT2D eigenvalue weighted by molar-refractivity contribution is 5.92. The largest absolute Gasteiger partial charge is 0.366 e. The van der Waals surface area contributed by atoms with Crippen LogP contribution in [-0.4, -0.2) is 20.3 Å². The topological polar surface area (TPSA) is 73.3 Å². The summed E-state index contributed by atoms with van der Waals surface area (Å²) >= 11 is 0. The van der Waals surface area contributed by atoms with Gasteiger partial charge in [0, 0.05) is 29.1 Å². The predicted octanol–water partition coefficient (Wildman–Crippen LogP) is 4.89. The first-order chi connectivity index (χ1) is 15.6. The van der Waals surface area contributed by atoms with Crippen molar-refractivity contribution < 1.29 is 9.18 Å². The molecule has 0 unspecified atom stereocenters. The van der Waals surface area contributed by atoms with Gasteiger partial charge >= 0.3 is 0 Å². The molecule has 0 saturated heterocycles. The second-order valence-corrected chi connectivity index (χ2v) is 7.58. The first-order valence-corrected chi connectivity index (χ1v) is 10.1. The van der Waals surface area contributed by atoms with Gasteiger partial charge in [0.15, 0.2) is 0 Å². The van der Waals surface area contributed by atoms with E-state index < -0.39 is 5.91 Å². The Morgan fingerprint density at radius 2 is 1.72 bits per heavy atom. The second-order valence-electron chi connectivity index (χ2n) is 7.58. The van der Waals surface area contributed by atoms with Gasteiger partial charge in [-0.2, -0.15) is 0 Å². The molecule has 2 aromatic carbocycles. The Morgan fingerprint density at radius 1 is 0.906 bits per heavy atom. The van der Waals surface area contributed by atoms with Gasteiger partial charge in [-0.1, -0.05) is 12.1 Å². The molecule has 6 heteroatoms. The number of amides is 1. The molecule has 0 spiro atoms. The number of fused-ring (bicyclic) bond motifs is 1. The van der Waals surface area contributed by atoms with Crippen LogP contribution in [0.1, 0.15) is 21.5 Å². The Bertz CT molecular complexity index is 1440. The van der Waals surface area contributed by atoms with Crippen LogP contribution in [0.2, 0.25) is 0 Å². The molecule has 0 bridgehead atoms. The molecule has 0 aliphatic heterocycles. The van der Waals surface area contributed by atoms with Crippen LogP contribution in [-0.2, 0) is 6.42 Å². The number of hydrogen-bond donors (Lipinski definition) is 1. The molecule has 3 heterocycles. The summed E-state index contributed by atoms with van der Waals surface area (Å²) in [7, 11) is 0. The van der Waals surface area contributed by atoms with Gasteiger partial charge in [0.05, 0.1) is 17.6 Å². The molecule has 32 heavy (non-hydrogen) atoms. The standard InChI is InChI=1S/C26H19FN4O/c27-22-6-4-19(5-7-22)23-15-20(8-10-29-23)24-16-30-25-14-18(9-11-31(24)25)12-17-2-1-3-21(13-17)26(28)32/h1-11,13-16H,12H2,(H2,28,32). The maximum Gasteiger partial charge on any atom is 0.248 e. The highest BCUT2D eigenvalue weighted by Gasteiger charge is 2.10. The molecule has 156 valence electrons. The summed E-state index contributed by atoms with van der Waals surface area (Å²) in [5.74, 6) is -0.707. The van der Waals surface area contributed by atoms with Gasteiger partial charge in [0.1, 0.15) is 11.5 Å². The zero-order chi connectivity index (χ0) is 22.1. The van der Waals surface area contributed by atoms with Crippen molar-refractivity contribution in [3.05, 3.63) is 114 Å². The van der Waals surface area contributed by atoms with Crippen LogP contribution in [0.25, 0.3) is 28.2 Å².